The van der Waals surface area contributed by atoms with E-state index in [0.29, 0.717) is 0 Å². The van der Waals surface area contributed by atoms with Crippen molar-refractivity contribution in [2.75, 3.05) is 0 Å². The van der Waals surface area contributed by atoms with Gasteiger partial charge in [-0.05, 0) is 0 Å². The van der Waals surface area contributed by atoms with Crippen LogP contribution < -0.4 is 10.2 Å². The maximum absolute atomic E-state index is 9.28. The number of aliphatic carboxylic acids is 2. The van der Waals surface area contributed by atoms with Crippen molar-refractivity contribution in [3.63, 3.8) is 0 Å². The number of hydrogen-bond donors (Lipinski definition) is 0. The first-order chi connectivity index (χ1) is 3.13. The average molecular weight is 188 g/mol. The minimum absolute atomic E-state index is 0. The fraction of sp³-hybridized carbons (Fsp3) is 0.200. The molecule has 0 heterocycles. The zero-order valence-electron chi connectivity index (χ0n) is 5.69. The molecule has 0 amide bonds. The minimum atomic E-state index is -1.63. The second-order valence-electron chi connectivity index (χ2n) is 0.921. The van der Waals surface area contributed by atoms with Gasteiger partial charge in [0.15, 0.2) is 0 Å². The first-order valence-corrected chi connectivity index (χ1v) is 1.52. The monoisotopic (exact) mass is 188 g/mol. The van der Waals surface area contributed by atoms with Gasteiger partial charge in [-0.3, -0.25) is 0 Å². The maximum atomic E-state index is 9.28. The van der Waals surface area contributed by atoms with Gasteiger partial charge in [0.05, 0.1) is 0 Å². The predicted octanol–water partition coefficient (Wildman–Crippen LogP) is -2.23. The van der Waals surface area contributed by atoms with Gasteiger partial charge >= 0.3 is 17.1 Å². The molecule has 0 aromatic rings. The zero-order valence-corrected chi connectivity index (χ0v) is 6.80. The molecule has 0 saturated carbocycles. The Labute approximate surface area is 70.7 Å². The summed E-state index contributed by atoms with van der Waals surface area (Å²) in [4.78, 5) is 18.6. The molecule has 0 N–H and O–H groups in total. The summed E-state index contributed by atoms with van der Waals surface area (Å²) in [6.45, 7) is 0. The van der Waals surface area contributed by atoms with Crippen LogP contribution in [0.5, 0.6) is 0 Å². The Morgan fingerprint density at radius 1 is 1.00 bits per heavy atom. The van der Waals surface area contributed by atoms with Crippen molar-refractivity contribution in [3.05, 3.63) is 14.9 Å². The first kappa shape index (κ1) is 22.7. The van der Waals surface area contributed by atoms with Crippen LogP contribution in [0.4, 0.5) is 0 Å². The van der Waals surface area contributed by atoms with Gasteiger partial charge in [-0.25, -0.2) is 0 Å². The van der Waals surface area contributed by atoms with E-state index >= 15 is 0 Å². The van der Waals surface area contributed by atoms with E-state index in [2.05, 4.69) is 0 Å². The first-order valence-electron chi connectivity index (χ1n) is 1.52. The number of carbonyl (C=O) groups excluding carboxylic acids is 2. The maximum Gasteiger partial charge on any atom is 4.00 e. The summed E-state index contributed by atoms with van der Waals surface area (Å²) in [5, 5.41) is 18.6. The van der Waals surface area contributed by atoms with Gasteiger partial charge in [-0.2, -0.15) is 0 Å². The second-order valence-corrected chi connectivity index (χ2v) is 0.921. The third-order valence-electron chi connectivity index (χ3n) is 0.289. The standard InChI is InChI=1S/C3H4O4.2CH3.Fe/c4-2(5)1-3(6)7;;;/h1H2,(H,4,5)(H,6,7);2*1H3;/q;2*-1;+4/p-2. The smallest absolute Gasteiger partial charge is 0.550 e. The summed E-state index contributed by atoms with van der Waals surface area (Å²) in [7, 11) is 0. The molecule has 0 aromatic carbocycles. The van der Waals surface area contributed by atoms with Gasteiger partial charge in [0.25, 0.3) is 0 Å². The molecule has 0 atom stereocenters. The van der Waals surface area contributed by atoms with Crippen molar-refractivity contribution in [1.82, 2.24) is 0 Å². The minimum Gasteiger partial charge on any atom is -0.550 e. The van der Waals surface area contributed by atoms with E-state index in [0.717, 1.165) is 0 Å². The molecule has 0 fully saturated rings. The molecule has 0 aromatic heterocycles. The Kier molecular flexibility index (Phi) is 25.6. The Bertz CT molecular complexity index is 89.8. The van der Waals surface area contributed by atoms with Crippen LogP contribution in [-0.2, 0) is 26.7 Å². The summed E-state index contributed by atoms with van der Waals surface area (Å²) < 4.78 is 0. The summed E-state index contributed by atoms with van der Waals surface area (Å²) in [5.41, 5.74) is 0. The molecule has 0 saturated heterocycles. The molecule has 0 bridgehead atoms. The van der Waals surface area contributed by atoms with Crippen LogP contribution in [0.15, 0.2) is 0 Å². The predicted molar refractivity (Wildman–Crippen MR) is 27.5 cm³/mol. The van der Waals surface area contributed by atoms with Crippen LogP contribution in [0.2, 0.25) is 0 Å². The molecule has 0 aliphatic rings. The van der Waals surface area contributed by atoms with Crippen LogP contribution in [0.3, 0.4) is 0 Å². The summed E-state index contributed by atoms with van der Waals surface area (Å²) in [6.07, 6.45) is -1.03. The van der Waals surface area contributed by atoms with Crippen LogP contribution in [0.1, 0.15) is 6.42 Å². The number of rotatable bonds is 2. The fourth-order valence-corrected chi connectivity index (χ4v) is 0.118. The van der Waals surface area contributed by atoms with E-state index in [1.54, 1.807) is 0 Å². The molecule has 0 radical (unpaired) electrons. The molecule has 4 nitrogen and oxygen atoms in total. The molecule has 0 rings (SSSR count). The second kappa shape index (κ2) is 11.3. The number of hydrogen-bond acceptors (Lipinski definition) is 4. The van der Waals surface area contributed by atoms with E-state index in [-0.39, 0.29) is 31.9 Å². The van der Waals surface area contributed by atoms with Gasteiger partial charge in [-0.1, -0.05) is 0 Å². The van der Waals surface area contributed by atoms with E-state index < -0.39 is 18.4 Å². The Hall–Kier alpha value is -0.541. The van der Waals surface area contributed by atoms with E-state index in [9.17, 15) is 19.8 Å². The Morgan fingerprint density at radius 2 is 1.20 bits per heavy atom. The van der Waals surface area contributed by atoms with Crippen molar-refractivity contribution in [3.8, 4) is 0 Å². The quantitative estimate of drug-likeness (QED) is 0.279. The van der Waals surface area contributed by atoms with Crippen molar-refractivity contribution in [1.29, 1.82) is 0 Å². The van der Waals surface area contributed by atoms with Gasteiger partial charge in [0.1, 0.15) is 0 Å². The molecule has 0 aliphatic carbocycles. The van der Waals surface area contributed by atoms with Gasteiger partial charge < -0.3 is 34.7 Å². The molecular weight excluding hydrogens is 180 g/mol. The average Bonchev–Trinajstić information content (AvgIpc) is 1.27. The van der Waals surface area contributed by atoms with E-state index in [4.69, 9.17) is 0 Å². The third-order valence-corrected chi connectivity index (χ3v) is 0.289. The largest absolute Gasteiger partial charge is 4.00 e. The topological polar surface area (TPSA) is 80.3 Å². The fourth-order valence-electron chi connectivity index (χ4n) is 0.118. The van der Waals surface area contributed by atoms with Gasteiger partial charge in [0, 0.05) is 18.4 Å². The number of carboxylic acid groups (broad SMARTS) is 2. The third kappa shape index (κ3) is 26.0. The summed E-state index contributed by atoms with van der Waals surface area (Å²) in [5.74, 6) is -3.25. The normalized spacial score (nSPS) is 5.60. The summed E-state index contributed by atoms with van der Waals surface area (Å²) >= 11 is 0. The Balaban J connectivity index is -0.0000000600. The number of carboxylic acids is 2. The van der Waals surface area contributed by atoms with Crippen molar-refractivity contribution < 1.29 is 36.9 Å². The van der Waals surface area contributed by atoms with Crippen LogP contribution >= 0.6 is 0 Å². The van der Waals surface area contributed by atoms with Crippen LogP contribution in [0, 0.1) is 14.9 Å². The van der Waals surface area contributed by atoms with Crippen LogP contribution in [-0.4, -0.2) is 11.9 Å². The SMILES string of the molecule is O=C([O-])CC(=O)[O-].[CH3-].[CH3-].[Fe+4]. The van der Waals surface area contributed by atoms with Gasteiger partial charge in [0.2, 0.25) is 0 Å². The van der Waals surface area contributed by atoms with E-state index in [1.807, 2.05) is 0 Å². The molecule has 0 aliphatic heterocycles. The van der Waals surface area contributed by atoms with Crippen molar-refractivity contribution in [2.24, 2.45) is 0 Å². The molecule has 60 valence electrons. The number of carbonyl (C=O) groups is 2. The summed E-state index contributed by atoms with van der Waals surface area (Å²) in [6, 6.07) is 0. The van der Waals surface area contributed by atoms with Crippen molar-refractivity contribution in [2.45, 2.75) is 6.42 Å². The molecular formula is C5H8FeO4. The molecule has 0 unspecified atom stereocenters. The van der Waals surface area contributed by atoms with E-state index in [1.165, 1.54) is 0 Å². The van der Waals surface area contributed by atoms with Crippen molar-refractivity contribution >= 4 is 11.9 Å². The van der Waals surface area contributed by atoms with Gasteiger partial charge in [-0.15, -0.1) is 0 Å². The zero-order chi connectivity index (χ0) is 5.86. The molecule has 5 heteroatoms. The van der Waals surface area contributed by atoms with Crippen LogP contribution in [0.25, 0.3) is 0 Å². The molecule has 0 spiro atoms. The molecule has 10 heavy (non-hydrogen) atoms. The Morgan fingerprint density at radius 3 is 1.20 bits per heavy atom.